The molecule has 0 spiro atoms. The predicted molar refractivity (Wildman–Crippen MR) is 128 cm³/mol. The van der Waals surface area contributed by atoms with Crippen LogP contribution in [0.25, 0.3) is 11.8 Å². The number of allylic oxidation sites excluding steroid dienone is 1. The molecule has 2 aromatic carbocycles. The van der Waals surface area contributed by atoms with Gasteiger partial charge in [-0.1, -0.05) is 71.5 Å². The molecule has 2 aliphatic rings. The predicted octanol–water partition coefficient (Wildman–Crippen LogP) is 4.37. The number of pyridine rings is 1. The summed E-state index contributed by atoms with van der Waals surface area (Å²) >= 11 is 8.08. The lowest BCUT2D eigenvalue weighted by Crippen LogP contribution is -2.38. The molecule has 32 heavy (non-hydrogen) atoms. The molecule has 0 N–H and O–H groups in total. The molecule has 2 aromatic heterocycles. The lowest BCUT2D eigenvalue weighted by molar-refractivity contribution is 0.585. The zero-order chi connectivity index (χ0) is 21.7. The van der Waals surface area contributed by atoms with Gasteiger partial charge in [-0.25, -0.2) is 4.99 Å². The Morgan fingerprint density at radius 3 is 2.72 bits per heavy atom. The lowest BCUT2D eigenvalue weighted by Gasteiger charge is -2.31. The van der Waals surface area contributed by atoms with Gasteiger partial charge in [-0.15, -0.1) is 0 Å². The van der Waals surface area contributed by atoms with Crippen LogP contribution in [0.15, 0.2) is 88.4 Å². The van der Waals surface area contributed by atoms with E-state index in [1.54, 1.807) is 12.4 Å². The van der Waals surface area contributed by atoms with Crippen LogP contribution in [0.2, 0.25) is 5.02 Å². The van der Waals surface area contributed by atoms with E-state index in [9.17, 15) is 4.79 Å². The van der Waals surface area contributed by atoms with Crippen molar-refractivity contribution in [1.29, 1.82) is 0 Å². The Balaban J connectivity index is 1.66. The molecular weight excluding hydrogens is 438 g/mol. The summed E-state index contributed by atoms with van der Waals surface area (Å²) in [7, 11) is 0. The molecule has 4 nitrogen and oxygen atoms in total. The molecule has 4 aromatic rings. The molecule has 6 rings (SSSR count). The zero-order valence-electron chi connectivity index (χ0n) is 17.0. The van der Waals surface area contributed by atoms with Crippen LogP contribution < -0.4 is 14.9 Å². The van der Waals surface area contributed by atoms with Crippen molar-refractivity contribution in [3.05, 3.63) is 126 Å². The van der Waals surface area contributed by atoms with Gasteiger partial charge in [0.05, 0.1) is 16.3 Å². The molecule has 0 saturated heterocycles. The normalized spacial score (nSPS) is 17.4. The molecule has 0 radical (unpaired) electrons. The highest BCUT2D eigenvalue weighted by atomic mass is 35.5. The molecule has 156 valence electrons. The van der Waals surface area contributed by atoms with E-state index in [1.807, 2.05) is 53.1 Å². The van der Waals surface area contributed by atoms with Gasteiger partial charge in [-0.05, 0) is 53.3 Å². The molecule has 0 amide bonds. The summed E-state index contributed by atoms with van der Waals surface area (Å²) < 4.78 is 2.46. The molecule has 0 bridgehead atoms. The number of rotatable bonds is 2. The third kappa shape index (κ3) is 3.08. The maximum atomic E-state index is 13.6. The third-order valence-electron chi connectivity index (χ3n) is 6.05. The number of aryl methyl sites for hydroxylation is 1. The van der Waals surface area contributed by atoms with Crippen molar-refractivity contribution >= 4 is 34.7 Å². The van der Waals surface area contributed by atoms with Gasteiger partial charge in [0.25, 0.3) is 5.56 Å². The Kier molecular flexibility index (Phi) is 4.67. The standard InChI is InChI=1S/C26H18ClN3OS/c27-21-10-4-3-9-19(21)24-20-12-11-17-7-1-2-8-18(17)23(20)29-26-30(24)25(31)22(32-26)14-16-6-5-13-28-15-16/h1-10,13-15,24H,11-12H2/b22-14+. The quantitative estimate of drug-likeness (QED) is 0.450. The summed E-state index contributed by atoms with van der Waals surface area (Å²) in [6, 6.07) is 19.8. The molecular formula is C26H18ClN3OS. The Hall–Kier alpha value is -3.28. The van der Waals surface area contributed by atoms with Crippen LogP contribution in [0, 0.1) is 0 Å². The van der Waals surface area contributed by atoms with Gasteiger partial charge in [0, 0.05) is 23.0 Å². The smallest absolute Gasteiger partial charge is 0.271 e. The fourth-order valence-corrected chi connectivity index (χ4v) is 5.85. The van der Waals surface area contributed by atoms with Crippen LogP contribution in [0.1, 0.15) is 34.7 Å². The molecule has 1 aliphatic carbocycles. The van der Waals surface area contributed by atoms with Gasteiger partial charge >= 0.3 is 0 Å². The van der Waals surface area contributed by atoms with E-state index in [2.05, 4.69) is 23.2 Å². The Morgan fingerprint density at radius 1 is 1.03 bits per heavy atom. The van der Waals surface area contributed by atoms with Crippen molar-refractivity contribution in [3.8, 4) is 0 Å². The number of fused-ring (bicyclic) bond motifs is 3. The van der Waals surface area contributed by atoms with Crippen molar-refractivity contribution < 1.29 is 0 Å². The van der Waals surface area contributed by atoms with Crippen molar-refractivity contribution in [2.75, 3.05) is 0 Å². The minimum atomic E-state index is -0.264. The largest absolute Gasteiger partial charge is 0.272 e. The fourth-order valence-electron chi connectivity index (χ4n) is 4.61. The summed E-state index contributed by atoms with van der Waals surface area (Å²) in [5, 5.41) is 0.659. The minimum absolute atomic E-state index is 0.0482. The van der Waals surface area contributed by atoms with Crippen LogP contribution in [-0.2, 0) is 6.42 Å². The number of halogens is 1. The maximum absolute atomic E-state index is 13.6. The lowest BCUT2D eigenvalue weighted by atomic mass is 9.83. The summed E-state index contributed by atoms with van der Waals surface area (Å²) in [6.45, 7) is 0. The summed E-state index contributed by atoms with van der Waals surface area (Å²) in [5.74, 6) is 0. The van der Waals surface area contributed by atoms with Crippen molar-refractivity contribution in [3.63, 3.8) is 0 Å². The van der Waals surface area contributed by atoms with Crippen molar-refractivity contribution in [1.82, 2.24) is 9.55 Å². The Morgan fingerprint density at radius 2 is 1.88 bits per heavy atom. The van der Waals surface area contributed by atoms with Gasteiger partial charge in [0.1, 0.15) is 0 Å². The highest BCUT2D eigenvalue weighted by Gasteiger charge is 2.33. The van der Waals surface area contributed by atoms with Crippen LogP contribution in [0.5, 0.6) is 0 Å². The van der Waals surface area contributed by atoms with Gasteiger partial charge in [-0.3, -0.25) is 14.3 Å². The van der Waals surface area contributed by atoms with E-state index < -0.39 is 0 Å². The number of hydrogen-bond donors (Lipinski definition) is 0. The van der Waals surface area contributed by atoms with Crippen LogP contribution in [-0.4, -0.2) is 9.55 Å². The van der Waals surface area contributed by atoms with Crippen LogP contribution >= 0.6 is 22.9 Å². The number of thiazole rings is 1. The highest BCUT2D eigenvalue weighted by Crippen LogP contribution is 2.42. The molecule has 1 atom stereocenters. The number of hydrogen-bond acceptors (Lipinski definition) is 4. The van der Waals surface area contributed by atoms with E-state index in [0.717, 1.165) is 40.8 Å². The molecule has 1 aliphatic heterocycles. The minimum Gasteiger partial charge on any atom is -0.272 e. The number of benzene rings is 2. The van der Waals surface area contributed by atoms with E-state index in [1.165, 1.54) is 16.9 Å². The maximum Gasteiger partial charge on any atom is 0.271 e. The molecule has 0 saturated carbocycles. The van der Waals surface area contributed by atoms with Gasteiger partial charge in [0.2, 0.25) is 0 Å². The van der Waals surface area contributed by atoms with Crippen molar-refractivity contribution in [2.24, 2.45) is 4.99 Å². The Labute approximate surface area is 193 Å². The second-order valence-corrected chi connectivity index (χ2v) is 9.34. The summed E-state index contributed by atoms with van der Waals surface area (Å²) in [6.07, 6.45) is 7.13. The zero-order valence-corrected chi connectivity index (χ0v) is 18.6. The Bertz CT molecular complexity index is 1570. The fraction of sp³-hybridized carbons (Fsp3) is 0.115. The average Bonchev–Trinajstić information content (AvgIpc) is 3.13. The van der Waals surface area contributed by atoms with Crippen LogP contribution in [0.4, 0.5) is 0 Å². The average molecular weight is 456 g/mol. The van der Waals surface area contributed by atoms with E-state index >= 15 is 0 Å². The van der Waals surface area contributed by atoms with Crippen molar-refractivity contribution in [2.45, 2.75) is 18.9 Å². The van der Waals surface area contributed by atoms with E-state index in [4.69, 9.17) is 16.6 Å². The monoisotopic (exact) mass is 455 g/mol. The number of nitrogens with zero attached hydrogens (tertiary/aromatic N) is 3. The first kappa shape index (κ1) is 19.4. The summed E-state index contributed by atoms with van der Waals surface area (Å²) in [5.41, 5.74) is 6.35. The first-order valence-electron chi connectivity index (χ1n) is 10.5. The van der Waals surface area contributed by atoms with Gasteiger partial charge < -0.3 is 0 Å². The highest BCUT2D eigenvalue weighted by molar-refractivity contribution is 7.07. The first-order chi connectivity index (χ1) is 15.7. The van der Waals surface area contributed by atoms with E-state index in [-0.39, 0.29) is 11.6 Å². The summed E-state index contributed by atoms with van der Waals surface area (Å²) in [4.78, 5) is 23.5. The topological polar surface area (TPSA) is 47.2 Å². The second-order valence-electron chi connectivity index (χ2n) is 7.92. The van der Waals surface area contributed by atoms with Gasteiger partial charge in [-0.2, -0.15) is 0 Å². The van der Waals surface area contributed by atoms with E-state index in [0.29, 0.717) is 14.4 Å². The number of aromatic nitrogens is 2. The third-order valence-corrected chi connectivity index (χ3v) is 7.38. The molecule has 1 unspecified atom stereocenters. The second kappa shape index (κ2) is 7.69. The van der Waals surface area contributed by atoms with Gasteiger partial charge in [0.15, 0.2) is 4.80 Å². The molecule has 6 heteroatoms. The SMILES string of the molecule is O=c1/c(=C\c2cccnc2)sc2n1C(c1ccccc1Cl)C1=C(N=2)c2ccccc2CC1. The molecule has 0 fully saturated rings. The van der Waals surface area contributed by atoms with Crippen LogP contribution in [0.3, 0.4) is 0 Å². The first-order valence-corrected chi connectivity index (χ1v) is 11.7. The molecule has 3 heterocycles.